The van der Waals surface area contributed by atoms with Gasteiger partial charge in [0.2, 0.25) is 5.91 Å². The summed E-state index contributed by atoms with van der Waals surface area (Å²) in [5, 5.41) is 2.95. The highest BCUT2D eigenvalue weighted by Gasteiger charge is 2.54. The van der Waals surface area contributed by atoms with Crippen molar-refractivity contribution in [1.29, 1.82) is 0 Å². The van der Waals surface area contributed by atoms with Gasteiger partial charge in [0.05, 0.1) is 30.4 Å². The van der Waals surface area contributed by atoms with Gasteiger partial charge in [0.15, 0.2) is 9.84 Å². The molecule has 0 saturated heterocycles. The zero-order valence-electron chi connectivity index (χ0n) is 22.3. The van der Waals surface area contributed by atoms with Gasteiger partial charge < -0.3 is 15.0 Å². The van der Waals surface area contributed by atoms with Gasteiger partial charge in [0.1, 0.15) is 10.7 Å². The lowest BCUT2D eigenvalue weighted by atomic mass is 9.83. The topological polar surface area (TPSA) is 139 Å². The first-order valence-corrected chi connectivity index (χ1v) is 16.7. The fourth-order valence-corrected chi connectivity index (χ4v) is 8.07. The number of amides is 1. The number of esters is 1. The van der Waals surface area contributed by atoms with Crippen molar-refractivity contribution in [3.63, 3.8) is 0 Å². The summed E-state index contributed by atoms with van der Waals surface area (Å²) in [6, 6.07) is 4.07. The number of nitrogens with one attached hydrogen (secondary N) is 1. The van der Waals surface area contributed by atoms with Crippen molar-refractivity contribution in [3.8, 4) is 0 Å². The third-order valence-corrected chi connectivity index (χ3v) is 9.85. The van der Waals surface area contributed by atoms with E-state index in [0.717, 1.165) is 31.9 Å². The molecule has 3 aliphatic rings. The predicted octanol–water partition coefficient (Wildman–Crippen LogP) is 2.99. The molecule has 1 amide bonds. The predicted molar refractivity (Wildman–Crippen MR) is 144 cm³/mol. The minimum absolute atomic E-state index is 0.00347. The summed E-state index contributed by atoms with van der Waals surface area (Å²) < 4.78 is 58.5. The Kier molecular flexibility index (Phi) is 8.23. The number of carbonyl (C=O) groups excluding carboxylic acids is 2. The summed E-state index contributed by atoms with van der Waals surface area (Å²) in [5.41, 5.74) is 0.589. The van der Waals surface area contributed by atoms with Gasteiger partial charge in [-0.25, -0.2) is 8.42 Å². The highest BCUT2D eigenvalue weighted by Crippen LogP contribution is 2.51. The number of fused-ring (bicyclic) bond motifs is 3. The van der Waals surface area contributed by atoms with Gasteiger partial charge in [-0.2, -0.15) is 8.42 Å². The fourth-order valence-electron chi connectivity index (χ4n) is 6.09. The third-order valence-electron chi connectivity index (χ3n) is 7.64. The molecule has 4 rings (SSSR count). The summed E-state index contributed by atoms with van der Waals surface area (Å²) in [5.74, 6) is -0.462. The largest absolute Gasteiger partial charge is 0.466 e. The SMILES string of the molecule is CCOC(=O)C1C(N(CCC(C)C)C(=O)CC2=NS(=O)(=O)c3cc(CS(C)(=O)=O)ccc3N2)[C@H]2CC[C@@H]1C2. The quantitative estimate of drug-likeness (QED) is 0.426. The minimum atomic E-state index is -4.14. The average Bonchev–Trinajstić information content (AvgIpc) is 3.40. The fraction of sp³-hybridized carbons (Fsp3) is 0.654. The number of sulfone groups is 1. The number of hydrogen-bond acceptors (Lipinski definition) is 8. The molecule has 2 aliphatic carbocycles. The molecule has 1 aromatic rings. The van der Waals surface area contributed by atoms with E-state index in [1.807, 2.05) is 0 Å². The van der Waals surface area contributed by atoms with E-state index >= 15 is 0 Å². The smallest absolute Gasteiger partial charge is 0.311 e. The van der Waals surface area contributed by atoms with E-state index in [1.54, 1.807) is 17.9 Å². The molecule has 210 valence electrons. The van der Waals surface area contributed by atoms with Crippen molar-refractivity contribution in [1.82, 2.24) is 4.90 Å². The van der Waals surface area contributed by atoms with E-state index in [1.165, 1.54) is 12.1 Å². The van der Waals surface area contributed by atoms with E-state index in [-0.39, 0.29) is 70.9 Å². The first kappa shape index (κ1) is 28.5. The van der Waals surface area contributed by atoms with E-state index in [0.29, 0.717) is 18.0 Å². The Morgan fingerprint density at radius 1 is 1.21 bits per heavy atom. The van der Waals surface area contributed by atoms with Crippen LogP contribution in [0.2, 0.25) is 0 Å². The molecule has 0 spiro atoms. The second-order valence-corrected chi connectivity index (χ2v) is 14.8. The number of sulfonamides is 1. The van der Waals surface area contributed by atoms with Gasteiger partial charge in [0.25, 0.3) is 10.0 Å². The van der Waals surface area contributed by atoms with Crippen molar-refractivity contribution in [2.75, 3.05) is 24.7 Å². The Morgan fingerprint density at radius 3 is 2.58 bits per heavy atom. The Hall–Kier alpha value is -2.47. The number of rotatable bonds is 10. The molecule has 38 heavy (non-hydrogen) atoms. The zero-order valence-corrected chi connectivity index (χ0v) is 24.0. The maximum Gasteiger partial charge on any atom is 0.311 e. The standard InChI is InChI=1S/C26H37N3O7S2/c1-5-36-26(31)24-18-7-8-19(13-18)25(24)29(11-10-16(2)3)23(30)14-22-27-20-9-6-17(15-37(4,32)33)12-21(20)38(34,35)28-22/h6,9,12,16,18-19,24-25H,5,7-8,10-11,13-15H2,1-4H3,(H,27,28)/t18-,19+,24?,25?/m1/s1. The van der Waals surface area contributed by atoms with Crippen LogP contribution >= 0.6 is 0 Å². The first-order chi connectivity index (χ1) is 17.8. The molecule has 1 aromatic carbocycles. The molecule has 0 radical (unpaired) electrons. The van der Waals surface area contributed by atoms with Crippen LogP contribution < -0.4 is 5.32 Å². The molecule has 4 atom stereocenters. The number of carbonyl (C=O) groups is 2. The van der Waals surface area contributed by atoms with Crippen molar-refractivity contribution < 1.29 is 31.2 Å². The lowest BCUT2D eigenvalue weighted by molar-refractivity contribution is -0.154. The zero-order chi connectivity index (χ0) is 27.8. The number of ether oxygens (including phenoxy) is 1. The normalized spacial score (nSPS) is 25.4. The van der Waals surface area contributed by atoms with E-state index < -0.39 is 19.9 Å². The van der Waals surface area contributed by atoms with Gasteiger partial charge in [0, 0.05) is 18.8 Å². The second kappa shape index (κ2) is 11.0. The summed E-state index contributed by atoms with van der Waals surface area (Å²) in [6.45, 7) is 6.66. The molecule has 1 N–H and O–H groups in total. The Bertz CT molecular complexity index is 1340. The van der Waals surface area contributed by atoms with Gasteiger partial charge in [-0.1, -0.05) is 19.9 Å². The van der Waals surface area contributed by atoms with Crippen LogP contribution in [0.15, 0.2) is 27.5 Å². The first-order valence-electron chi connectivity index (χ1n) is 13.2. The molecular formula is C26H37N3O7S2. The van der Waals surface area contributed by atoms with Crippen molar-refractivity contribution >= 4 is 43.3 Å². The number of anilines is 1. The van der Waals surface area contributed by atoms with E-state index in [2.05, 4.69) is 23.6 Å². The van der Waals surface area contributed by atoms with Gasteiger partial charge >= 0.3 is 5.97 Å². The van der Waals surface area contributed by atoms with Crippen LogP contribution in [0.3, 0.4) is 0 Å². The highest BCUT2D eigenvalue weighted by molar-refractivity contribution is 7.90. The van der Waals surface area contributed by atoms with Crippen LogP contribution in [0.1, 0.15) is 58.4 Å². The summed E-state index contributed by atoms with van der Waals surface area (Å²) in [6.07, 6.45) is 4.35. The molecule has 2 saturated carbocycles. The summed E-state index contributed by atoms with van der Waals surface area (Å²) in [7, 11) is -7.49. The Balaban J connectivity index is 1.58. The second-order valence-electron chi connectivity index (χ2n) is 11.1. The van der Waals surface area contributed by atoms with Crippen LogP contribution in [0.5, 0.6) is 0 Å². The monoisotopic (exact) mass is 567 g/mol. The van der Waals surface area contributed by atoms with Crippen LogP contribution in [-0.2, 0) is 39.9 Å². The molecular weight excluding hydrogens is 530 g/mol. The molecule has 1 aliphatic heterocycles. The molecule has 1 heterocycles. The summed E-state index contributed by atoms with van der Waals surface area (Å²) >= 11 is 0. The van der Waals surface area contributed by atoms with Gasteiger partial charge in [-0.15, -0.1) is 4.40 Å². The number of amidine groups is 1. The molecule has 0 aromatic heterocycles. The van der Waals surface area contributed by atoms with Crippen LogP contribution in [0.4, 0.5) is 5.69 Å². The number of hydrogen-bond donors (Lipinski definition) is 1. The molecule has 2 unspecified atom stereocenters. The average molecular weight is 568 g/mol. The van der Waals surface area contributed by atoms with E-state index in [4.69, 9.17) is 4.74 Å². The Morgan fingerprint density at radius 2 is 1.92 bits per heavy atom. The van der Waals surface area contributed by atoms with E-state index in [9.17, 15) is 26.4 Å². The lowest BCUT2D eigenvalue weighted by Crippen LogP contribution is -2.51. The summed E-state index contributed by atoms with van der Waals surface area (Å²) in [4.78, 5) is 28.3. The van der Waals surface area contributed by atoms with Crippen molar-refractivity contribution in [3.05, 3.63) is 23.8 Å². The van der Waals surface area contributed by atoms with Crippen LogP contribution in [-0.4, -0.2) is 64.9 Å². The lowest BCUT2D eigenvalue weighted by Gasteiger charge is -2.39. The number of benzene rings is 1. The van der Waals surface area contributed by atoms with Crippen LogP contribution in [0.25, 0.3) is 0 Å². The molecule has 10 nitrogen and oxygen atoms in total. The Labute approximate surface area is 225 Å². The van der Waals surface area contributed by atoms with Crippen molar-refractivity contribution in [2.45, 2.75) is 69.6 Å². The van der Waals surface area contributed by atoms with Crippen molar-refractivity contribution in [2.24, 2.45) is 28.1 Å². The minimum Gasteiger partial charge on any atom is -0.466 e. The third kappa shape index (κ3) is 6.22. The molecule has 2 fully saturated rings. The maximum absolute atomic E-state index is 13.7. The maximum atomic E-state index is 13.7. The van der Waals surface area contributed by atoms with Crippen LogP contribution in [0, 0.1) is 23.7 Å². The highest BCUT2D eigenvalue weighted by atomic mass is 32.2. The molecule has 12 heteroatoms. The number of nitrogens with zero attached hydrogens (tertiary/aromatic N) is 2. The van der Waals surface area contributed by atoms with Gasteiger partial charge in [-0.05, 0) is 68.1 Å². The van der Waals surface area contributed by atoms with Gasteiger partial charge in [-0.3, -0.25) is 9.59 Å². The molecule has 2 bridgehead atoms.